The van der Waals surface area contributed by atoms with Crippen LogP contribution in [0.4, 0.5) is 0 Å². The van der Waals surface area contributed by atoms with E-state index in [4.69, 9.17) is 0 Å². The molecule has 0 unspecified atom stereocenters. The molecule has 0 spiro atoms. The Labute approximate surface area is 123 Å². The monoisotopic (exact) mass is 285 g/mol. The van der Waals surface area contributed by atoms with Crippen molar-refractivity contribution in [2.45, 2.75) is 19.3 Å². The van der Waals surface area contributed by atoms with Crippen LogP contribution in [0.3, 0.4) is 0 Å². The van der Waals surface area contributed by atoms with Crippen molar-refractivity contribution in [3.63, 3.8) is 0 Å². The molecule has 2 amide bonds. The average Bonchev–Trinajstić information content (AvgIpc) is 2.52. The molecular formula is C16H17N2O3. The Morgan fingerprint density at radius 1 is 1.29 bits per heavy atom. The van der Waals surface area contributed by atoms with E-state index < -0.39 is 5.91 Å². The first-order valence-electron chi connectivity index (χ1n) is 6.92. The highest BCUT2D eigenvalue weighted by Crippen LogP contribution is 2.14. The molecule has 0 atom stereocenters. The maximum absolute atomic E-state index is 12.2. The number of hydrazine groups is 1. The molecule has 2 rings (SSSR count). The van der Waals surface area contributed by atoms with Crippen LogP contribution >= 0.6 is 0 Å². The Hall–Kier alpha value is -2.43. The van der Waals surface area contributed by atoms with Crippen molar-refractivity contribution in [1.82, 2.24) is 10.0 Å². The lowest BCUT2D eigenvalue weighted by atomic mass is 10.1. The van der Waals surface area contributed by atoms with E-state index in [9.17, 15) is 14.4 Å². The molecule has 1 heterocycles. The van der Waals surface area contributed by atoms with E-state index in [1.807, 2.05) is 30.3 Å². The van der Waals surface area contributed by atoms with Crippen molar-refractivity contribution >= 4 is 24.2 Å². The van der Waals surface area contributed by atoms with Crippen LogP contribution in [0, 0.1) is 0 Å². The molecule has 1 saturated heterocycles. The van der Waals surface area contributed by atoms with Crippen LogP contribution in [0.5, 0.6) is 0 Å². The summed E-state index contributed by atoms with van der Waals surface area (Å²) < 4.78 is 0. The molecule has 1 aromatic rings. The maximum Gasteiger partial charge on any atom is 0.265 e. The summed E-state index contributed by atoms with van der Waals surface area (Å²) in [5.41, 5.74) is 0.880. The smallest absolute Gasteiger partial charge is 0.265 e. The van der Waals surface area contributed by atoms with Gasteiger partial charge in [-0.2, -0.15) is 0 Å². The second-order valence-electron chi connectivity index (χ2n) is 4.76. The maximum atomic E-state index is 12.2. The minimum absolute atomic E-state index is 0.127. The number of nitrogens with zero attached hydrogens (tertiary/aromatic N) is 2. The molecule has 0 saturated carbocycles. The van der Waals surface area contributed by atoms with Crippen LogP contribution in [0.25, 0.3) is 6.08 Å². The van der Waals surface area contributed by atoms with Gasteiger partial charge in [-0.05, 0) is 24.5 Å². The van der Waals surface area contributed by atoms with Gasteiger partial charge in [0.2, 0.25) is 12.2 Å². The zero-order valence-electron chi connectivity index (χ0n) is 11.7. The van der Waals surface area contributed by atoms with Crippen molar-refractivity contribution < 1.29 is 14.4 Å². The van der Waals surface area contributed by atoms with Gasteiger partial charge in [0.25, 0.3) is 5.91 Å². The topological polar surface area (TPSA) is 57.7 Å². The second kappa shape index (κ2) is 7.38. The Morgan fingerprint density at radius 3 is 2.71 bits per heavy atom. The summed E-state index contributed by atoms with van der Waals surface area (Å²) in [5.74, 6) is -0.518. The van der Waals surface area contributed by atoms with Gasteiger partial charge < -0.3 is 0 Å². The number of rotatable bonds is 5. The lowest BCUT2D eigenvalue weighted by Gasteiger charge is -2.35. The molecular weight excluding hydrogens is 268 g/mol. The molecule has 0 bridgehead atoms. The normalized spacial score (nSPS) is 15.2. The van der Waals surface area contributed by atoms with E-state index in [0.717, 1.165) is 23.4 Å². The summed E-state index contributed by atoms with van der Waals surface area (Å²) >= 11 is 0. The molecule has 5 heteroatoms. The van der Waals surface area contributed by atoms with E-state index in [1.165, 1.54) is 11.1 Å². The number of carbonyl (C=O) groups excluding carboxylic acids is 3. The lowest BCUT2D eigenvalue weighted by molar-refractivity contribution is -0.161. The highest BCUT2D eigenvalue weighted by molar-refractivity contribution is 5.94. The summed E-state index contributed by atoms with van der Waals surface area (Å²) in [7, 11) is 0. The number of hydrogen-bond donors (Lipinski definition) is 0. The fourth-order valence-electron chi connectivity index (χ4n) is 2.21. The Balaban J connectivity index is 2.10. The van der Waals surface area contributed by atoms with Gasteiger partial charge in [0.15, 0.2) is 0 Å². The minimum Gasteiger partial charge on any atom is -0.289 e. The summed E-state index contributed by atoms with van der Waals surface area (Å²) in [6, 6.07) is 9.36. The first-order valence-corrected chi connectivity index (χ1v) is 6.92. The Kier molecular flexibility index (Phi) is 5.26. The van der Waals surface area contributed by atoms with Crippen molar-refractivity contribution in [2.24, 2.45) is 0 Å². The van der Waals surface area contributed by atoms with E-state index in [0.29, 0.717) is 13.0 Å². The third-order valence-electron chi connectivity index (χ3n) is 3.28. The molecule has 109 valence electrons. The van der Waals surface area contributed by atoms with Crippen LogP contribution in [0.2, 0.25) is 0 Å². The van der Waals surface area contributed by atoms with E-state index >= 15 is 0 Å². The third kappa shape index (κ3) is 4.02. The molecule has 1 aliphatic rings. The fourth-order valence-corrected chi connectivity index (χ4v) is 2.21. The summed E-state index contributed by atoms with van der Waals surface area (Å²) in [6.07, 6.45) is 6.78. The zero-order valence-corrected chi connectivity index (χ0v) is 11.7. The van der Waals surface area contributed by atoms with Crippen LogP contribution in [0.15, 0.2) is 36.4 Å². The molecule has 21 heavy (non-hydrogen) atoms. The summed E-state index contributed by atoms with van der Waals surface area (Å²) in [6.45, 7) is 0.231. The number of piperidine rings is 1. The van der Waals surface area contributed by atoms with Gasteiger partial charge in [0.1, 0.15) is 6.54 Å². The molecule has 1 aliphatic heterocycles. The predicted molar refractivity (Wildman–Crippen MR) is 78.4 cm³/mol. The van der Waals surface area contributed by atoms with Crippen molar-refractivity contribution in [1.29, 1.82) is 0 Å². The quantitative estimate of drug-likeness (QED) is 0.772. The molecule has 1 fully saturated rings. The van der Waals surface area contributed by atoms with Crippen LogP contribution in [-0.4, -0.2) is 41.2 Å². The van der Waals surface area contributed by atoms with Gasteiger partial charge in [-0.3, -0.25) is 19.4 Å². The van der Waals surface area contributed by atoms with Crippen LogP contribution in [0.1, 0.15) is 24.8 Å². The van der Waals surface area contributed by atoms with Gasteiger partial charge in [0.05, 0.1) is 0 Å². The first kappa shape index (κ1) is 15.0. The van der Waals surface area contributed by atoms with Crippen LogP contribution in [-0.2, 0) is 14.4 Å². The first-order chi connectivity index (χ1) is 10.2. The SMILES string of the molecule is O=[C]CN(C(=O)/C=C/c1ccccc1)N1CCCCC1=O. The fraction of sp³-hybridized carbons (Fsp3) is 0.312. The summed E-state index contributed by atoms with van der Waals surface area (Å²) in [5, 5.41) is 2.51. The summed E-state index contributed by atoms with van der Waals surface area (Å²) in [4.78, 5) is 34.7. The van der Waals surface area contributed by atoms with Crippen molar-refractivity contribution in [2.75, 3.05) is 13.1 Å². The molecule has 0 N–H and O–H groups in total. The number of amides is 2. The Bertz CT molecular complexity index is 540. The minimum atomic E-state index is -0.391. The number of carbonyl (C=O) groups is 2. The number of benzene rings is 1. The predicted octanol–water partition coefficient (Wildman–Crippen LogP) is 1.57. The number of hydrogen-bond acceptors (Lipinski definition) is 3. The van der Waals surface area contributed by atoms with E-state index in [-0.39, 0.29) is 12.5 Å². The molecule has 0 aliphatic carbocycles. The van der Waals surface area contributed by atoms with Gasteiger partial charge in [-0.15, -0.1) is 0 Å². The van der Waals surface area contributed by atoms with Gasteiger partial charge in [-0.1, -0.05) is 30.3 Å². The lowest BCUT2D eigenvalue weighted by Crippen LogP contribution is -2.51. The molecule has 0 aromatic heterocycles. The van der Waals surface area contributed by atoms with Crippen molar-refractivity contribution in [3.8, 4) is 0 Å². The zero-order chi connectivity index (χ0) is 15.1. The van der Waals surface area contributed by atoms with Gasteiger partial charge in [-0.25, -0.2) is 5.01 Å². The van der Waals surface area contributed by atoms with E-state index in [2.05, 4.69) is 0 Å². The van der Waals surface area contributed by atoms with Gasteiger partial charge in [0, 0.05) is 19.0 Å². The Morgan fingerprint density at radius 2 is 2.05 bits per heavy atom. The van der Waals surface area contributed by atoms with Crippen LogP contribution < -0.4 is 0 Å². The van der Waals surface area contributed by atoms with E-state index in [1.54, 1.807) is 12.4 Å². The third-order valence-corrected chi connectivity index (χ3v) is 3.28. The largest absolute Gasteiger partial charge is 0.289 e. The molecule has 1 aromatic carbocycles. The molecule has 5 nitrogen and oxygen atoms in total. The molecule has 1 radical (unpaired) electrons. The highest BCUT2D eigenvalue weighted by atomic mass is 16.2. The van der Waals surface area contributed by atoms with Crippen molar-refractivity contribution in [3.05, 3.63) is 42.0 Å². The highest BCUT2D eigenvalue weighted by Gasteiger charge is 2.26. The van der Waals surface area contributed by atoms with Gasteiger partial charge >= 0.3 is 0 Å². The average molecular weight is 285 g/mol. The standard InChI is InChI=1S/C16H17N2O3/c19-13-12-18(17-11-5-4-8-15(17)20)16(21)10-9-14-6-2-1-3-7-14/h1-3,6-7,9-10H,4-5,8,11-12H2/b10-9+. The second-order valence-corrected chi connectivity index (χ2v) is 4.76.